The minimum absolute atomic E-state index is 0.0502. The van der Waals surface area contributed by atoms with E-state index in [1.54, 1.807) is 0 Å². The largest absolute Gasteiger partial charge is 0.448 e. The quantitative estimate of drug-likeness (QED) is 0.840. The van der Waals surface area contributed by atoms with Crippen molar-refractivity contribution in [2.45, 2.75) is 64.5 Å². The van der Waals surface area contributed by atoms with Gasteiger partial charge in [-0.2, -0.15) is 0 Å². The van der Waals surface area contributed by atoms with E-state index in [1.165, 1.54) is 6.42 Å². The van der Waals surface area contributed by atoms with Crippen LogP contribution in [0.4, 0.5) is 4.79 Å². The number of carbonyl (C=O) groups excluding carboxylic acids is 2. The van der Waals surface area contributed by atoms with Crippen LogP contribution in [-0.4, -0.2) is 66.7 Å². The highest BCUT2D eigenvalue weighted by atomic mass is 16.6. The molecule has 6 nitrogen and oxygen atoms in total. The Hall–Kier alpha value is -1.30. The first-order chi connectivity index (χ1) is 11.1. The van der Waals surface area contributed by atoms with Crippen LogP contribution in [0.3, 0.4) is 0 Å². The zero-order valence-corrected chi connectivity index (χ0v) is 14.6. The number of piperidine rings is 2. The third-order valence-corrected chi connectivity index (χ3v) is 4.56. The van der Waals surface area contributed by atoms with Gasteiger partial charge in [-0.15, -0.1) is 0 Å². The molecule has 1 N–H and O–H groups in total. The van der Waals surface area contributed by atoms with Gasteiger partial charge in [0.15, 0.2) is 0 Å². The van der Waals surface area contributed by atoms with E-state index in [1.807, 2.05) is 18.7 Å². The summed E-state index contributed by atoms with van der Waals surface area (Å²) in [5.74, 6) is 0.0502. The van der Waals surface area contributed by atoms with Gasteiger partial charge >= 0.3 is 6.09 Å². The molecule has 132 valence electrons. The van der Waals surface area contributed by atoms with Crippen molar-refractivity contribution in [1.82, 2.24) is 15.1 Å². The minimum atomic E-state index is -0.193. The van der Waals surface area contributed by atoms with E-state index in [-0.39, 0.29) is 24.1 Å². The average molecular weight is 325 g/mol. The Kier molecular flexibility index (Phi) is 7.15. The van der Waals surface area contributed by atoms with Crippen molar-refractivity contribution < 1.29 is 14.3 Å². The Balaban J connectivity index is 1.78. The van der Waals surface area contributed by atoms with Gasteiger partial charge in [0.1, 0.15) is 6.61 Å². The molecule has 1 atom stereocenters. The van der Waals surface area contributed by atoms with Crippen LogP contribution in [0.1, 0.15) is 52.4 Å². The summed E-state index contributed by atoms with van der Waals surface area (Å²) < 4.78 is 5.53. The minimum Gasteiger partial charge on any atom is -0.448 e. The Morgan fingerprint density at radius 1 is 1.09 bits per heavy atom. The molecule has 0 radical (unpaired) electrons. The number of rotatable bonds is 5. The maximum atomic E-state index is 12.1. The average Bonchev–Trinajstić information content (AvgIpc) is 2.53. The van der Waals surface area contributed by atoms with E-state index in [9.17, 15) is 9.59 Å². The first-order valence-corrected chi connectivity index (χ1v) is 9.01. The molecule has 2 fully saturated rings. The van der Waals surface area contributed by atoms with Crippen molar-refractivity contribution >= 4 is 12.0 Å². The third-order valence-electron chi connectivity index (χ3n) is 4.56. The van der Waals surface area contributed by atoms with Crippen LogP contribution < -0.4 is 5.32 Å². The molecule has 0 aromatic rings. The van der Waals surface area contributed by atoms with Crippen molar-refractivity contribution in [1.29, 1.82) is 0 Å². The summed E-state index contributed by atoms with van der Waals surface area (Å²) in [5, 5.41) is 2.93. The molecule has 0 saturated carbocycles. The Labute approximate surface area is 139 Å². The topological polar surface area (TPSA) is 61.9 Å². The predicted molar refractivity (Wildman–Crippen MR) is 89.3 cm³/mol. The van der Waals surface area contributed by atoms with E-state index in [0.717, 1.165) is 51.7 Å². The van der Waals surface area contributed by atoms with Crippen LogP contribution in [0, 0.1) is 0 Å². The van der Waals surface area contributed by atoms with E-state index in [4.69, 9.17) is 4.74 Å². The molecule has 2 amide bonds. The van der Waals surface area contributed by atoms with Crippen molar-refractivity contribution in [2.24, 2.45) is 0 Å². The molecular formula is C17H31N3O3. The molecule has 2 aliphatic rings. The molecule has 1 unspecified atom stereocenters. The molecule has 0 spiro atoms. The molecular weight excluding hydrogens is 294 g/mol. The first-order valence-electron chi connectivity index (χ1n) is 9.01. The second-order valence-electron chi connectivity index (χ2n) is 6.97. The fraction of sp³-hybridized carbons (Fsp3) is 0.882. The predicted octanol–water partition coefficient (Wildman–Crippen LogP) is 1.99. The second kappa shape index (κ2) is 9.11. The third kappa shape index (κ3) is 6.01. The summed E-state index contributed by atoms with van der Waals surface area (Å²) in [5.41, 5.74) is 0. The zero-order valence-electron chi connectivity index (χ0n) is 14.6. The van der Waals surface area contributed by atoms with E-state index >= 15 is 0 Å². The molecule has 0 aromatic carbocycles. The van der Waals surface area contributed by atoms with Crippen LogP contribution in [0.15, 0.2) is 0 Å². The van der Waals surface area contributed by atoms with Crippen molar-refractivity contribution in [2.75, 3.05) is 32.8 Å². The lowest BCUT2D eigenvalue weighted by molar-refractivity contribution is -0.123. The first kappa shape index (κ1) is 18.0. The number of carbonyl (C=O) groups is 2. The fourth-order valence-electron chi connectivity index (χ4n) is 3.34. The summed E-state index contributed by atoms with van der Waals surface area (Å²) in [4.78, 5) is 28.1. The standard InChI is InChI=1S/C17H31N3O3/c1-14(2)18-16(21)12-20-11-7-4-8-15(20)13-23-17(22)19-9-5-3-6-10-19/h14-15H,3-13H2,1-2H3,(H,18,21). The number of nitrogens with one attached hydrogen (secondary N) is 1. The van der Waals surface area contributed by atoms with Crippen molar-refractivity contribution in [3.8, 4) is 0 Å². The second-order valence-corrected chi connectivity index (χ2v) is 6.97. The maximum absolute atomic E-state index is 12.1. The lowest BCUT2D eigenvalue weighted by atomic mass is 10.0. The molecule has 2 heterocycles. The molecule has 2 saturated heterocycles. The molecule has 0 aliphatic carbocycles. The van der Waals surface area contributed by atoms with Crippen LogP contribution in [0.2, 0.25) is 0 Å². The lowest BCUT2D eigenvalue weighted by Gasteiger charge is -2.35. The van der Waals surface area contributed by atoms with Gasteiger partial charge < -0.3 is 15.0 Å². The number of amides is 2. The molecule has 0 aromatic heterocycles. The van der Waals surface area contributed by atoms with Crippen molar-refractivity contribution in [3.63, 3.8) is 0 Å². The van der Waals surface area contributed by atoms with Gasteiger partial charge in [-0.3, -0.25) is 9.69 Å². The molecule has 2 rings (SSSR count). The monoisotopic (exact) mass is 325 g/mol. The van der Waals surface area contributed by atoms with Gasteiger partial charge in [0.05, 0.1) is 6.54 Å². The smallest absolute Gasteiger partial charge is 0.409 e. The Bertz CT molecular complexity index is 395. The fourth-order valence-corrected chi connectivity index (χ4v) is 3.34. The summed E-state index contributed by atoms with van der Waals surface area (Å²) in [6.07, 6.45) is 6.37. The number of likely N-dealkylation sites (tertiary alicyclic amines) is 2. The highest BCUT2D eigenvalue weighted by molar-refractivity contribution is 5.78. The van der Waals surface area contributed by atoms with Gasteiger partial charge in [0.2, 0.25) is 5.91 Å². The highest BCUT2D eigenvalue weighted by Crippen LogP contribution is 2.18. The van der Waals surface area contributed by atoms with Gasteiger partial charge in [0.25, 0.3) is 0 Å². The normalized spacial score (nSPS) is 22.9. The molecule has 0 bridgehead atoms. The van der Waals surface area contributed by atoms with Crippen molar-refractivity contribution in [3.05, 3.63) is 0 Å². The van der Waals surface area contributed by atoms with E-state index in [0.29, 0.717) is 13.2 Å². The zero-order chi connectivity index (χ0) is 16.7. The van der Waals surface area contributed by atoms with Crippen LogP contribution in [0.25, 0.3) is 0 Å². The number of ether oxygens (including phenoxy) is 1. The molecule has 2 aliphatic heterocycles. The summed E-state index contributed by atoms with van der Waals surface area (Å²) >= 11 is 0. The maximum Gasteiger partial charge on any atom is 0.409 e. The van der Waals surface area contributed by atoms with Crippen LogP contribution >= 0.6 is 0 Å². The molecule has 6 heteroatoms. The summed E-state index contributed by atoms with van der Waals surface area (Å²) in [6, 6.07) is 0.318. The Morgan fingerprint density at radius 2 is 1.78 bits per heavy atom. The number of hydrogen-bond donors (Lipinski definition) is 1. The van der Waals surface area contributed by atoms with Crippen LogP contribution in [-0.2, 0) is 9.53 Å². The van der Waals surface area contributed by atoms with E-state index < -0.39 is 0 Å². The summed E-state index contributed by atoms with van der Waals surface area (Å²) in [6.45, 7) is 7.23. The van der Waals surface area contributed by atoms with Gasteiger partial charge in [-0.1, -0.05) is 6.42 Å². The summed E-state index contributed by atoms with van der Waals surface area (Å²) in [7, 11) is 0. The van der Waals surface area contributed by atoms with Gasteiger partial charge in [-0.05, 0) is 52.5 Å². The Morgan fingerprint density at radius 3 is 2.48 bits per heavy atom. The molecule has 23 heavy (non-hydrogen) atoms. The lowest BCUT2D eigenvalue weighted by Crippen LogP contribution is -2.49. The van der Waals surface area contributed by atoms with E-state index in [2.05, 4.69) is 10.2 Å². The number of hydrogen-bond acceptors (Lipinski definition) is 4. The van der Waals surface area contributed by atoms with Gasteiger partial charge in [-0.25, -0.2) is 4.79 Å². The number of nitrogens with zero attached hydrogens (tertiary/aromatic N) is 2. The SMILES string of the molecule is CC(C)NC(=O)CN1CCCCC1COC(=O)N1CCCCC1. The van der Waals surface area contributed by atoms with Crippen LogP contribution in [0.5, 0.6) is 0 Å². The van der Waals surface area contributed by atoms with Gasteiger partial charge in [0, 0.05) is 25.2 Å². The highest BCUT2D eigenvalue weighted by Gasteiger charge is 2.27.